The highest BCUT2D eigenvalue weighted by atomic mass is 79.9. The van der Waals surface area contributed by atoms with Crippen LogP contribution in [0.2, 0.25) is 0 Å². The average Bonchev–Trinajstić information content (AvgIpc) is 2.04. The zero-order valence-corrected chi connectivity index (χ0v) is 11.3. The van der Waals surface area contributed by atoms with Crippen LogP contribution in [0.4, 0.5) is 0 Å². The largest absolute Gasteiger partial charge is 0.351 e. The molecule has 0 aromatic heterocycles. The fourth-order valence-electron chi connectivity index (χ4n) is 1.39. The van der Waals surface area contributed by atoms with Gasteiger partial charge in [-0.05, 0) is 33.1 Å². The van der Waals surface area contributed by atoms with Crippen LogP contribution in [0.25, 0.3) is 0 Å². The molecule has 0 aliphatic heterocycles. The zero-order chi connectivity index (χ0) is 11.2. The molecule has 0 aliphatic rings. The van der Waals surface area contributed by atoms with Crippen LogP contribution in [0.15, 0.2) is 0 Å². The molecule has 0 bridgehead atoms. The Morgan fingerprint density at radius 1 is 1.36 bits per heavy atom. The van der Waals surface area contributed by atoms with Crippen LogP contribution >= 0.6 is 15.9 Å². The van der Waals surface area contributed by atoms with Crippen molar-refractivity contribution in [3.8, 4) is 0 Å². The normalized spacial score (nSPS) is 11.9. The predicted molar refractivity (Wildman–Crippen MR) is 64.7 cm³/mol. The van der Waals surface area contributed by atoms with E-state index in [-0.39, 0.29) is 17.4 Å². The van der Waals surface area contributed by atoms with Crippen LogP contribution < -0.4 is 5.32 Å². The molecule has 84 valence electrons. The minimum absolute atomic E-state index is 0.0941. The van der Waals surface area contributed by atoms with E-state index >= 15 is 0 Å². The summed E-state index contributed by atoms with van der Waals surface area (Å²) in [5.74, 6) is 0.366. The van der Waals surface area contributed by atoms with E-state index in [4.69, 9.17) is 0 Å². The molecule has 0 aromatic rings. The minimum Gasteiger partial charge on any atom is -0.351 e. The SMILES string of the molecule is CCC(CC)C(=O)NC(C)(C)CCBr. The molecule has 0 rings (SSSR count). The molecule has 2 nitrogen and oxygen atoms in total. The third-order valence-corrected chi connectivity index (χ3v) is 2.93. The first-order chi connectivity index (χ1) is 6.46. The number of halogens is 1. The number of amides is 1. The molecular formula is C11H22BrNO. The summed E-state index contributed by atoms with van der Waals surface area (Å²) < 4.78 is 0. The van der Waals surface area contributed by atoms with Gasteiger partial charge in [-0.15, -0.1) is 0 Å². The van der Waals surface area contributed by atoms with Crippen molar-refractivity contribution in [2.24, 2.45) is 5.92 Å². The molecule has 14 heavy (non-hydrogen) atoms. The number of rotatable bonds is 6. The summed E-state index contributed by atoms with van der Waals surface area (Å²) in [4.78, 5) is 11.8. The van der Waals surface area contributed by atoms with Crippen molar-refractivity contribution in [2.75, 3.05) is 5.33 Å². The third kappa shape index (κ3) is 4.99. The van der Waals surface area contributed by atoms with E-state index in [0.717, 1.165) is 24.6 Å². The van der Waals surface area contributed by atoms with E-state index in [9.17, 15) is 4.79 Å². The van der Waals surface area contributed by atoms with Gasteiger partial charge in [0, 0.05) is 16.8 Å². The minimum atomic E-state index is -0.0941. The summed E-state index contributed by atoms with van der Waals surface area (Å²) in [6.45, 7) is 8.25. The fraction of sp³-hybridized carbons (Fsp3) is 0.909. The van der Waals surface area contributed by atoms with Gasteiger partial charge < -0.3 is 5.32 Å². The Bertz CT molecular complexity index is 176. The van der Waals surface area contributed by atoms with Gasteiger partial charge in [0.2, 0.25) is 5.91 Å². The summed E-state index contributed by atoms with van der Waals surface area (Å²) in [7, 11) is 0. The maximum Gasteiger partial charge on any atom is 0.223 e. The highest BCUT2D eigenvalue weighted by Crippen LogP contribution is 2.14. The summed E-state index contributed by atoms with van der Waals surface area (Å²) >= 11 is 3.39. The van der Waals surface area contributed by atoms with Gasteiger partial charge in [-0.3, -0.25) is 4.79 Å². The molecule has 0 aliphatic carbocycles. The maximum atomic E-state index is 11.8. The van der Waals surface area contributed by atoms with Crippen molar-refractivity contribution >= 4 is 21.8 Å². The quantitative estimate of drug-likeness (QED) is 0.734. The van der Waals surface area contributed by atoms with E-state index in [1.807, 2.05) is 0 Å². The van der Waals surface area contributed by atoms with Gasteiger partial charge in [-0.25, -0.2) is 0 Å². The molecule has 0 spiro atoms. The fourth-order valence-corrected chi connectivity index (χ4v) is 2.39. The maximum absolute atomic E-state index is 11.8. The lowest BCUT2D eigenvalue weighted by Crippen LogP contribution is -2.46. The van der Waals surface area contributed by atoms with E-state index in [2.05, 4.69) is 48.9 Å². The number of nitrogens with one attached hydrogen (secondary N) is 1. The average molecular weight is 264 g/mol. The first kappa shape index (κ1) is 13.9. The zero-order valence-electron chi connectivity index (χ0n) is 9.69. The molecule has 0 unspecified atom stereocenters. The smallest absolute Gasteiger partial charge is 0.223 e. The lowest BCUT2D eigenvalue weighted by molar-refractivity contribution is -0.126. The molecule has 0 atom stereocenters. The Hall–Kier alpha value is -0.0500. The number of alkyl halides is 1. The molecule has 3 heteroatoms. The molecule has 0 radical (unpaired) electrons. The lowest BCUT2D eigenvalue weighted by atomic mass is 9.97. The number of carbonyl (C=O) groups is 1. The second-order valence-electron chi connectivity index (χ2n) is 4.33. The summed E-state index contributed by atoms with van der Waals surface area (Å²) in [6, 6.07) is 0. The van der Waals surface area contributed by atoms with Crippen molar-refractivity contribution < 1.29 is 4.79 Å². The Labute approximate surface area is 96.0 Å². The molecular weight excluding hydrogens is 242 g/mol. The van der Waals surface area contributed by atoms with Gasteiger partial charge >= 0.3 is 0 Å². The van der Waals surface area contributed by atoms with Crippen LogP contribution in [-0.2, 0) is 4.79 Å². The summed E-state index contributed by atoms with van der Waals surface area (Å²) in [5, 5.41) is 4.01. The summed E-state index contributed by atoms with van der Waals surface area (Å²) in [5.41, 5.74) is -0.0941. The lowest BCUT2D eigenvalue weighted by Gasteiger charge is -2.27. The van der Waals surface area contributed by atoms with Gasteiger partial charge in [0.05, 0.1) is 0 Å². The van der Waals surface area contributed by atoms with E-state index in [1.165, 1.54) is 0 Å². The van der Waals surface area contributed by atoms with Crippen LogP contribution in [-0.4, -0.2) is 16.8 Å². The standard InChI is InChI=1S/C11H22BrNO/c1-5-9(6-2)10(14)13-11(3,4)7-8-12/h9H,5-8H2,1-4H3,(H,13,14). The number of hydrogen-bond acceptors (Lipinski definition) is 1. The Morgan fingerprint density at radius 3 is 2.21 bits per heavy atom. The Morgan fingerprint density at radius 2 is 1.86 bits per heavy atom. The molecule has 0 saturated carbocycles. The first-order valence-corrected chi connectivity index (χ1v) is 6.47. The van der Waals surface area contributed by atoms with E-state index < -0.39 is 0 Å². The van der Waals surface area contributed by atoms with Crippen molar-refractivity contribution in [3.63, 3.8) is 0 Å². The molecule has 0 saturated heterocycles. The topological polar surface area (TPSA) is 29.1 Å². The number of hydrogen-bond donors (Lipinski definition) is 1. The van der Waals surface area contributed by atoms with Crippen LogP contribution in [0.1, 0.15) is 47.0 Å². The van der Waals surface area contributed by atoms with Crippen molar-refractivity contribution in [3.05, 3.63) is 0 Å². The van der Waals surface area contributed by atoms with Gasteiger partial charge in [0.15, 0.2) is 0 Å². The molecule has 1 N–H and O–H groups in total. The highest BCUT2D eigenvalue weighted by Gasteiger charge is 2.23. The van der Waals surface area contributed by atoms with Gasteiger partial charge in [0.1, 0.15) is 0 Å². The first-order valence-electron chi connectivity index (χ1n) is 5.34. The molecule has 0 heterocycles. The van der Waals surface area contributed by atoms with Crippen molar-refractivity contribution in [1.82, 2.24) is 5.32 Å². The van der Waals surface area contributed by atoms with E-state index in [0.29, 0.717) is 0 Å². The predicted octanol–water partition coefficient (Wildman–Crippen LogP) is 3.10. The van der Waals surface area contributed by atoms with Crippen molar-refractivity contribution in [2.45, 2.75) is 52.5 Å². The monoisotopic (exact) mass is 263 g/mol. The van der Waals surface area contributed by atoms with Crippen LogP contribution in [0, 0.1) is 5.92 Å². The third-order valence-electron chi connectivity index (χ3n) is 2.54. The second-order valence-corrected chi connectivity index (χ2v) is 5.12. The highest BCUT2D eigenvalue weighted by molar-refractivity contribution is 9.09. The summed E-state index contributed by atoms with van der Waals surface area (Å²) in [6.07, 6.45) is 2.80. The Kier molecular flexibility index (Phi) is 6.41. The van der Waals surface area contributed by atoms with Gasteiger partial charge in [-0.1, -0.05) is 29.8 Å². The molecule has 1 amide bonds. The van der Waals surface area contributed by atoms with Gasteiger partial charge in [0.25, 0.3) is 0 Å². The van der Waals surface area contributed by atoms with Crippen LogP contribution in [0.3, 0.4) is 0 Å². The molecule has 0 aromatic carbocycles. The molecule has 0 fully saturated rings. The van der Waals surface area contributed by atoms with E-state index in [1.54, 1.807) is 0 Å². The Balaban J connectivity index is 4.15. The van der Waals surface area contributed by atoms with Crippen LogP contribution in [0.5, 0.6) is 0 Å². The number of carbonyl (C=O) groups excluding carboxylic acids is 1. The van der Waals surface area contributed by atoms with Gasteiger partial charge in [-0.2, -0.15) is 0 Å². The van der Waals surface area contributed by atoms with Crippen molar-refractivity contribution in [1.29, 1.82) is 0 Å². The second kappa shape index (κ2) is 6.44.